The summed E-state index contributed by atoms with van der Waals surface area (Å²) in [6.45, 7) is 12.9. The lowest BCUT2D eigenvalue weighted by atomic mass is 9.66. The van der Waals surface area contributed by atoms with Crippen molar-refractivity contribution in [2.24, 2.45) is 10.8 Å². The zero-order valence-corrected chi connectivity index (χ0v) is 10.6. The molecule has 0 aromatic carbocycles. The smallest absolute Gasteiger partial charge is 0.00106 e. The topological polar surface area (TPSA) is 12.0 Å². The standard InChI is InChI=1S/C13H27N/c1-11(2)14-10-13(5)8-6-12(3,4)7-9-13/h11,14H,6-10H2,1-5H3. The zero-order chi connectivity index (χ0) is 10.8. The zero-order valence-electron chi connectivity index (χ0n) is 10.6. The predicted octanol–water partition coefficient (Wildman–Crippen LogP) is 3.59. The van der Waals surface area contributed by atoms with E-state index in [1.807, 2.05) is 0 Å². The maximum atomic E-state index is 3.58. The van der Waals surface area contributed by atoms with E-state index in [-0.39, 0.29) is 0 Å². The first-order valence-electron chi connectivity index (χ1n) is 6.06. The van der Waals surface area contributed by atoms with E-state index in [1.54, 1.807) is 0 Å². The maximum Gasteiger partial charge on any atom is 0.00106 e. The molecule has 1 rings (SSSR count). The highest BCUT2D eigenvalue weighted by Gasteiger charge is 2.34. The number of hydrogen-bond acceptors (Lipinski definition) is 1. The van der Waals surface area contributed by atoms with Gasteiger partial charge in [-0.05, 0) is 36.5 Å². The molecular weight excluding hydrogens is 170 g/mol. The maximum absolute atomic E-state index is 3.58. The molecule has 84 valence electrons. The molecule has 0 unspecified atom stereocenters. The van der Waals surface area contributed by atoms with E-state index in [4.69, 9.17) is 0 Å². The molecule has 1 aliphatic rings. The average molecular weight is 197 g/mol. The third-order valence-corrected chi connectivity index (χ3v) is 3.75. The number of nitrogens with one attached hydrogen (secondary N) is 1. The van der Waals surface area contributed by atoms with Crippen LogP contribution in [0.25, 0.3) is 0 Å². The van der Waals surface area contributed by atoms with Gasteiger partial charge >= 0.3 is 0 Å². The van der Waals surface area contributed by atoms with Gasteiger partial charge in [0.2, 0.25) is 0 Å². The molecule has 1 heteroatoms. The first-order valence-corrected chi connectivity index (χ1v) is 6.06. The van der Waals surface area contributed by atoms with Crippen molar-refractivity contribution >= 4 is 0 Å². The Morgan fingerprint density at radius 1 is 1.00 bits per heavy atom. The highest BCUT2D eigenvalue weighted by atomic mass is 14.9. The molecule has 1 fully saturated rings. The van der Waals surface area contributed by atoms with Crippen molar-refractivity contribution in [3.8, 4) is 0 Å². The Balaban J connectivity index is 2.37. The first kappa shape index (κ1) is 12.0. The van der Waals surface area contributed by atoms with E-state index < -0.39 is 0 Å². The van der Waals surface area contributed by atoms with Crippen LogP contribution in [0.2, 0.25) is 0 Å². The molecular formula is C13H27N. The molecule has 0 spiro atoms. The summed E-state index contributed by atoms with van der Waals surface area (Å²) < 4.78 is 0. The summed E-state index contributed by atoms with van der Waals surface area (Å²) in [4.78, 5) is 0. The van der Waals surface area contributed by atoms with Crippen LogP contribution in [0.3, 0.4) is 0 Å². The van der Waals surface area contributed by atoms with E-state index in [9.17, 15) is 0 Å². The molecule has 1 saturated carbocycles. The molecule has 1 aliphatic carbocycles. The molecule has 0 aliphatic heterocycles. The van der Waals surface area contributed by atoms with Crippen LogP contribution in [0, 0.1) is 10.8 Å². The van der Waals surface area contributed by atoms with Gasteiger partial charge in [0.25, 0.3) is 0 Å². The van der Waals surface area contributed by atoms with Crippen molar-refractivity contribution in [3.63, 3.8) is 0 Å². The van der Waals surface area contributed by atoms with Gasteiger partial charge in [0.05, 0.1) is 0 Å². The molecule has 0 heterocycles. The highest BCUT2D eigenvalue weighted by Crippen LogP contribution is 2.44. The minimum Gasteiger partial charge on any atom is -0.314 e. The van der Waals surface area contributed by atoms with Crippen LogP contribution in [0.4, 0.5) is 0 Å². The van der Waals surface area contributed by atoms with E-state index >= 15 is 0 Å². The molecule has 0 atom stereocenters. The van der Waals surface area contributed by atoms with Gasteiger partial charge in [-0.15, -0.1) is 0 Å². The van der Waals surface area contributed by atoms with E-state index in [0.29, 0.717) is 16.9 Å². The van der Waals surface area contributed by atoms with Gasteiger partial charge < -0.3 is 5.32 Å². The second-order valence-electron chi connectivity index (χ2n) is 6.51. The van der Waals surface area contributed by atoms with Gasteiger partial charge in [-0.3, -0.25) is 0 Å². The lowest BCUT2D eigenvalue weighted by Gasteiger charge is -2.42. The van der Waals surface area contributed by atoms with Gasteiger partial charge in [-0.1, -0.05) is 34.6 Å². The minimum atomic E-state index is 0.555. The minimum absolute atomic E-state index is 0.555. The van der Waals surface area contributed by atoms with Crippen LogP contribution in [0.5, 0.6) is 0 Å². The summed E-state index contributed by atoms with van der Waals surface area (Å²) >= 11 is 0. The number of rotatable bonds is 3. The summed E-state index contributed by atoms with van der Waals surface area (Å²) in [5.41, 5.74) is 1.15. The summed E-state index contributed by atoms with van der Waals surface area (Å²) in [5.74, 6) is 0. The average Bonchev–Trinajstić information content (AvgIpc) is 2.08. The third kappa shape index (κ3) is 3.61. The number of hydrogen-bond donors (Lipinski definition) is 1. The molecule has 14 heavy (non-hydrogen) atoms. The van der Waals surface area contributed by atoms with E-state index in [0.717, 1.165) is 0 Å². The molecule has 1 nitrogen and oxygen atoms in total. The Bertz CT molecular complexity index is 166. The fourth-order valence-electron chi connectivity index (χ4n) is 2.16. The fourth-order valence-corrected chi connectivity index (χ4v) is 2.16. The summed E-state index contributed by atoms with van der Waals surface area (Å²) in [7, 11) is 0. The van der Waals surface area contributed by atoms with Crippen molar-refractivity contribution in [3.05, 3.63) is 0 Å². The Hall–Kier alpha value is -0.0400. The normalized spacial score (nSPS) is 25.3. The summed E-state index contributed by atoms with van der Waals surface area (Å²) in [6.07, 6.45) is 5.56. The highest BCUT2D eigenvalue weighted by molar-refractivity contribution is 4.87. The predicted molar refractivity (Wildman–Crippen MR) is 63.5 cm³/mol. The van der Waals surface area contributed by atoms with Crippen molar-refractivity contribution < 1.29 is 0 Å². The van der Waals surface area contributed by atoms with Crippen LogP contribution in [-0.4, -0.2) is 12.6 Å². The molecule has 0 aromatic rings. The molecule has 0 saturated heterocycles. The largest absolute Gasteiger partial charge is 0.314 e. The van der Waals surface area contributed by atoms with Crippen LogP contribution in [0.15, 0.2) is 0 Å². The van der Waals surface area contributed by atoms with Crippen molar-refractivity contribution in [2.45, 2.75) is 66.3 Å². The van der Waals surface area contributed by atoms with Gasteiger partial charge in [0.15, 0.2) is 0 Å². The quantitative estimate of drug-likeness (QED) is 0.729. The molecule has 1 N–H and O–H groups in total. The fraction of sp³-hybridized carbons (Fsp3) is 1.00. The van der Waals surface area contributed by atoms with Crippen molar-refractivity contribution in [1.82, 2.24) is 5.32 Å². The lowest BCUT2D eigenvalue weighted by Crippen LogP contribution is -2.39. The van der Waals surface area contributed by atoms with Gasteiger partial charge in [0, 0.05) is 12.6 Å². The molecule has 0 bridgehead atoms. The third-order valence-electron chi connectivity index (χ3n) is 3.75. The van der Waals surface area contributed by atoms with E-state index in [2.05, 4.69) is 39.9 Å². The Morgan fingerprint density at radius 3 is 1.93 bits per heavy atom. The van der Waals surface area contributed by atoms with E-state index in [1.165, 1.54) is 32.2 Å². The van der Waals surface area contributed by atoms with Gasteiger partial charge in [-0.2, -0.15) is 0 Å². The van der Waals surface area contributed by atoms with Crippen LogP contribution >= 0.6 is 0 Å². The van der Waals surface area contributed by atoms with Gasteiger partial charge in [0.1, 0.15) is 0 Å². The van der Waals surface area contributed by atoms with Crippen molar-refractivity contribution in [2.75, 3.05) is 6.54 Å². The summed E-state index contributed by atoms with van der Waals surface area (Å²) in [6, 6.07) is 0.627. The second-order valence-corrected chi connectivity index (χ2v) is 6.51. The lowest BCUT2D eigenvalue weighted by molar-refractivity contribution is 0.113. The first-order chi connectivity index (χ1) is 6.33. The molecule has 0 amide bonds. The SMILES string of the molecule is CC(C)NCC1(C)CCC(C)(C)CC1. The van der Waals surface area contributed by atoms with Gasteiger partial charge in [-0.25, -0.2) is 0 Å². The second kappa shape index (κ2) is 4.22. The molecule has 0 radical (unpaired) electrons. The Kier molecular flexibility index (Phi) is 3.63. The Morgan fingerprint density at radius 2 is 1.50 bits per heavy atom. The van der Waals surface area contributed by atoms with Crippen LogP contribution in [-0.2, 0) is 0 Å². The summed E-state index contributed by atoms with van der Waals surface area (Å²) in [5, 5.41) is 3.58. The van der Waals surface area contributed by atoms with Crippen molar-refractivity contribution in [1.29, 1.82) is 0 Å². The molecule has 0 aromatic heterocycles. The van der Waals surface area contributed by atoms with Crippen LogP contribution < -0.4 is 5.32 Å². The Labute approximate surface area is 89.7 Å². The van der Waals surface area contributed by atoms with Crippen LogP contribution in [0.1, 0.15) is 60.3 Å². The monoisotopic (exact) mass is 197 g/mol.